The largest absolute Gasteiger partial charge is 0.490 e. The molecule has 2 aromatic rings. The van der Waals surface area contributed by atoms with Gasteiger partial charge in [-0.25, -0.2) is 9.18 Å². The second-order valence-corrected chi connectivity index (χ2v) is 7.43. The summed E-state index contributed by atoms with van der Waals surface area (Å²) < 4.78 is 25.2. The van der Waals surface area contributed by atoms with Gasteiger partial charge < -0.3 is 14.6 Å². The van der Waals surface area contributed by atoms with E-state index < -0.39 is 24.3 Å². The number of nitrogens with zero attached hydrogens (tertiary/aromatic N) is 1. The molecule has 29 heavy (non-hydrogen) atoms. The highest BCUT2D eigenvalue weighted by molar-refractivity contribution is 8.27. The maximum absolute atomic E-state index is 14.1. The molecule has 1 saturated heterocycles. The van der Waals surface area contributed by atoms with Crippen molar-refractivity contribution < 1.29 is 28.6 Å². The number of hydrogen-bond donors (Lipinski definition) is 1. The summed E-state index contributed by atoms with van der Waals surface area (Å²) in [4.78, 5) is 25.2. The third kappa shape index (κ3) is 4.57. The van der Waals surface area contributed by atoms with Crippen LogP contribution in [0.5, 0.6) is 11.5 Å². The van der Waals surface area contributed by atoms with Gasteiger partial charge in [0.1, 0.15) is 5.82 Å². The number of carbonyl (C=O) groups is 2. The minimum absolute atomic E-state index is 0.0730. The number of anilines is 1. The number of halogens is 1. The molecule has 3 rings (SSSR count). The number of aliphatic carboxylic acids is 1. The van der Waals surface area contributed by atoms with E-state index in [1.54, 1.807) is 31.2 Å². The highest BCUT2D eigenvalue weighted by atomic mass is 32.2. The predicted octanol–water partition coefficient (Wildman–Crippen LogP) is 4.09. The van der Waals surface area contributed by atoms with E-state index in [0.29, 0.717) is 17.9 Å². The number of rotatable bonds is 7. The average Bonchev–Trinajstić information content (AvgIpc) is 2.95. The summed E-state index contributed by atoms with van der Waals surface area (Å²) in [6.45, 7) is 1.57. The normalized spacial score (nSPS) is 15.1. The first-order chi connectivity index (χ1) is 13.9. The molecule has 9 heteroatoms. The number of hydrogen-bond acceptors (Lipinski definition) is 6. The Morgan fingerprint density at radius 1 is 1.24 bits per heavy atom. The van der Waals surface area contributed by atoms with Crippen molar-refractivity contribution >= 4 is 51.9 Å². The first-order valence-electron chi connectivity index (χ1n) is 8.55. The molecule has 1 aliphatic heterocycles. The molecule has 6 nitrogen and oxygen atoms in total. The van der Waals surface area contributed by atoms with Crippen LogP contribution in [0.3, 0.4) is 0 Å². The van der Waals surface area contributed by atoms with Gasteiger partial charge >= 0.3 is 5.97 Å². The summed E-state index contributed by atoms with van der Waals surface area (Å²) in [5.74, 6) is -1.63. The Bertz CT molecular complexity index is 1010. The van der Waals surface area contributed by atoms with E-state index in [1.165, 1.54) is 24.3 Å². The fraction of sp³-hybridized carbons (Fsp3) is 0.150. The van der Waals surface area contributed by atoms with Crippen LogP contribution in [0.2, 0.25) is 0 Å². The van der Waals surface area contributed by atoms with Crippen LogP contribution in [0.1, 0.15) is 12.5 Å². The summed E-state index contributed by atoms with van der Waals surface area (Å²) >= 11 is 6.29. The van der Waals surface area contributed by atoms with Crippen LogP contribution in [0.25, 0.3) is 6.08 Å². The van der Waals surface area contributed by atoms with E-state index in [9.17, 15) is 14.0 Å². The number of thioether (sulfide) groups is 1. The molecule has 1 N–H and O–H groups in total. The molecule has 1 amide bonds. The number of para-hydroxylation sites is 2. The summed E-state index contributed by atoms with van der Waals surface area (Å²) in [5, 5.41) is 8.94. The Kier molecular flexibility index (Phi) is 6.50. The van der Waals surface area contributed by atoms with Gasteiger partial charge in [0, 0.05) is 5.56 Å². The van der Waals surface area contributed by atoms with E-state index >= 15 is 0 Å². The Labute approximate surface area is 175 Å². The molecular weight excluding hydrogens is 417 g/mol. The van der Waals surface area contributed by atoms with Crippen molar-refractivity contribution in [2.24, 2.45) is 0 Å². The van der Waals surface area contributed by atoms with Gasteiger partial charge in [-0.3, -0.25) is 9.69 Å². The lowest BCUT2D eigenvalue weighted by atomic mass is 10.1. The van der Waals surface area contributed by atoms with E-state index in [-0.39, 0.29) is 20.7 Å². The second kappa shape index (κ2) is 9.06. The van der Waals surface area contributed by atoms with Crippen LogP contribution in [0.15, 0.2) is 47.4 Å². The monoisotopic (exact) mass is 433 g/mol. The molecular formula is C20H16FNO5S2. The minimum atomic E-state index is -1.15. The molecule has 0 aromatic heterocycles. The lowest BCUT2D eigenvalue weighted by molar-refractivity contribution is -0.139. The van der Waals surface area contributed by atoms with E-state index in [0.717, 1.165) is 16.7 Å². The Hall–Kier alpha value is -2.91. The molecule has 0 saturated carbocycles. The molecule has 0 aliphatic carbocycles. The molecule has 0 bridgehead atoms. The average molecular weight is 433 g/mol. The third-order valence-corrected chi connectivity index (χ3v) is 5.13. The van der Waals surface area contributed by atoms with Crippen LogP contribution in [-0.4, -0.2) is 34.5 Å². The maximum Gasteiger partial charge on any atom is 0.341 e. The fourth-order valence-corrected chi connectivity index (χ4v) is 3.93. The van der Waals surface area contributed by atoms with Crippen molar-refractivity contribution in [3.05, 3.63) is 58.8 Å². The molecule has 1 aliphatic rings. The van der Waals surface area contributed by atoms with Gasteiger partial charge in [0.15, 0.2) is 22.4 Å². The molecule has 0 spiro atoms. The van der Waals surface area contributed by atoms with Gasteiger partial charge in [0.05, 0.1) is 17.2 Å². The van der Waals surface area contributed by atoms with Crippen LogP contribution >= 0.6 is 24.0 Å². The first kappa shape index (κ1) is 20.8. The second-order valence-electron chi connectivity index (χ2n) is 5.76. The molecule has 150 valence electrons. The minimum Gasteiger partial charge on any atom is -0.490 e. The SMILES string of the molecule is CCOc1cccc(/C=C2/SC(=S)N(c3ccccc3F)C2=O)c1OCC(=O)O. The number of benzene rings is 2. The maximum atomic E-state index is 14.1. The molecule has 1 fully saturated rings. The number of carboxylic acid groups (broad SMARTS) is 1. The summed E-state index contributed by atoms with van der Waals surface area (Å²) in [6.07, 6.45) is 1.53. The lowest BCUT2D eigenvalue weighted by Gasteiger charge is -2.15. The number of thiocarbonyl (C=S) groups is 1. The van der Waals surface area contributed by atoms with Crippen molar-refractivity contribution in [2.45, 2.75) is 6.92 Å². The Morgan fingerprint density at radius 2 is 2.00 bits per heavy atom. The lowest BCUT2D eigenvalue weighted by Crippen LogP contribution is -2.28. The highest BCUT2D eigenvalue weighted by Crippen LogP contribution is 2.39. The van der Waals surface area contributed by atoms with Crippen molar-refractivity contribution in [1.82, 2.24) is 0 Å². The fourth-order valence-electron chi connectivity index (χ4n) is 2.65. The number of carbonyl (C=O) groups excluding carboxylic acids is 1. The van der Waals surface area contributed by atoms with Crippen LogP contribution in [-0.2, 0) is 9.59 Å². The zero-order valence-electron chi connectivity index (χ0n) is 15.3. The smallest absolute Gasteiger partial charge is 0.341 e. The predicted molar refractivity (Wildman–Crippen MR) is 113 cm³/mol. The summed E-state index contributed by atoms with van der Waals surface area (Å²) in [5.41, 5.74) is 0.523. The van der Waals surface area contributed by atoms with Gasteiger partial charge in [-0.05, 0) is 31.2 Å². The van der Waals surface area contributed by atoms with Gasteiger partial charge in [-0.1, -0.05) is 48.2 Å². The van der Waals surface area contributed by atoms with E-state index in [4.69, 9.17) is 26.8 Å². The van der Waals surface area contributed by atoms with Crippen molar-refractivity contribution in [3.63, 3.8) is 0 Å². The van der Waals surface area contributed by atoms with Crippen molar-refractivity contribution in [2.75, 3.05) is 18.1 Å². The van der Waals surface area contributed by atoms with Gasteiger partial charge in [0.25, 0.3) is 5.91 Å². The third-order valence-electron chi connectivity index (χ3n) is 3.82. The Balaban J connectivity index is 1.99. The van der Waals surface area contributed by atoms with E-state index in [2.05, 4.69) is 0 Å². The molecule has 0 atom stereocenters. The molecule has 0 radical (unpaired) electrons. The standard InChI is InChI=1S/C20H16FNO5S2/c1-2-26-15-9-5-6-12(18(15)27-11-17(23)24)10-16-19(25)22(20(28)29-16)14-8-4-3-7-13(14)21/h3-10H,2,11H2,1H3,(H,23,24)/b16-10+. The Morgan fingerprint density at radius 3 is 2.69 bits per heavy atom. The number of amides is 1. The molecule has 0 unspecified atom stereocenters. The van der Waals surface area contributed by atoms with Gasteiger partial charge in [-0.15, -0.1) is 0 Å². The van der Waals surface area contributed by atoms with Crippen LogP contribution in [0, 0.1) is 5.82 Å². The number of ether oxygens (including phenoxy) is 2. The summed E-state index contributed by atoms with van der Waals surface area (Å²) in [7, 11) is 0. The number of carboxylic acids is 1. The van der Waals surface area contributed by atoms with Crippen molar-refractivity contribution in [3.8, 4) is 11.5 Å². The zero-order chi connectivity index (χ0) is 21.0. The van der Waals surface area contributed by atoms with Crippen LogP contribution < -0.4 is 14.4 Å². The molecule has 2 aromatic carbocycles. The summed E-state index contributed by atoms with van der Waals surface area (Å²) in [6, 6.07) is 10.9. The first-order valence-corrected chi connectivity index (χ1v) is 9.77. The van der Waals surface area contributed by atoms with Crippen molar-refractivity contribution in [1.29, 1.82) is 0 Å². The molecule has 1 heterocycles. The quantitative estimate of drug-likeness (QED) is 0.521. The van der Waals surface area contributed by atoms with Gasteiger partial charge in [-0.2, -0.15) is 0 Å². The topological polar surface area (TPSA) is 76.1 Å². The van der Waals surface area contributed by atoms with E-state index in [1.807, 2.05) is 0 Å². The highest BCUT2D eigenvalue weighted by Gasteiger charge is 2.35. The van der Waals surface area contributed by atoms with Crippen LogP contribution in [0.4, 0.5) is 10.1 Å². The zero-order valence-corrected chi connectivity index (χ0v) is 16.9. The van der Waals surface area contributed by atoms with Gasteiger partial charge in [0.2, 0.25) is 0 Å².